The molecule has 0 aromatic heterocycles. The molecule has 121 valence electrons. The third kappa shape index (κ3) is 3.28. The first-order chi connectivity index (χ1) is 11.6. The first kappa shape index (κ1) is 16.5. The largest absolute Gasteiger partial charge is 0.0622 e. The van der Waals surface area contributed by atoms with E-state index in [4.69, 9.17) is 0 Å². The lowest BCUT2D eigenvalue weighted by molar-refractivity contribution is 0.504. The minimum absolute atomic E-state index is 0.0438. The van der Waals surface area contributed by atoms with E-state index in [0.717, 1.165) is 0 Å². The molecular weight excluding hydrogens is 288 g/mol. The van der Waals surface area contributed by atoms with Crippen molar-refractivity contribution < 1.29 is 0 Å². The lowest BCUT2D eigenvalue weighted by Gasteiger charge is -2.39. The molecule has 0 aliphatic rings. The Hall–Kier alpha value is -2.34. The molecule has 3 aromatic rings. The average Bonchev–Trinajstić information content (AvgIpc) is 2.64. The zero-order valence-corrected chi connectivity index (χ0v) is 14.7. The summed E-state index contributed by atoms with van der Waals surface area (Å²) in [4.78, 5) is 0. The Labute approximate surface area is 146 Å². The molecule has 0 fully saturated rings. The van der Waals surface area contributed by atoms with Crippen LogP contribution >= 0.6 is 0 Å². The quantitative estimate of drug-likeness (QED) is 0.512. The Bertz CT molecular complexity index is 742. The van der Waals surface area contributed by atoms with Gasteiger partial charge in [0.05, 0.1) is 0 Å². The molecule has 0 saturated heterocycles. The van der Waals surface area contributed by atoms with Gasteiger partial charge in [-0.1, -0.05) is 112 Å². The standard InChI is InChI=1S/C24H25/c1-19(20-13-7-4-8-14-20)23(21-15-9-5-10-16-21)24(2,3)22-17-11-6-12-18-22/h4-19H,1-3H3. The predicted molar refractivity (Wildman–Crippen MR) is 103 cm³/mol. The third-order valence-electron chi connectivity index (χ3n) is 4.99. The van der Waals surface area contributed by atoms with Gasteiger partial charge in [-0.2, -0.15) is 0 Å². The highest BCUT2D eigenvalue weighted by atomic mass is 14.4. The zero-order chi connectivity index (χ0) is 17.0. The molecule has 0 amide bonds. The molecule has 1 radical (unpaired) electrons. The van der Waals surface area contributed by atoms with Crippen molar-refractivity contribution >= 4 is 0 Å². The van der Waals surface area contributed by atoms with E-state index in [1.807, 2.05) is 0 Å². The van der Waals surface area contributed by atoms with Crippen molar-refractivity contribution in [2.75, 3.05) is 0 Å². The first-order valence-electron chi connectivity index (χ1n) is 8.64. The van der Waals surface area contributed by atoms with Crippen molar-refractivity contribution in [1.29, 1.82) is 0 Å². The molecular formula is C24H25. The molecule has 1 atom stereocenters. The minimum atomic E-state index is -0.0438. The van der Waals surface area contributed by atoms with Crippen LogP contribution in [0.25, 0.3) is 0 Å². The molecule has 0 N–H and O–H groups in total. The molecule has 0 heterocycles. The normalized spacial score (nSPS) is 13.0. The van der Waals surface area contributed by atoms with E-state index in [-0.39, 0.29) is 5.41 Å². The second-order valence-corrected chi connectivity index (χ2v) is 6.90. The van der Waals surface area contributed by atoms with Crippen LogP contribution < -0.4 is 0 Å². The number of hydrogen-bond acceptors (Lipinski definition) is 0. The van der Waals surface area contributed by atoms with Gasteiger partial charge in [-0.25, -0.2) is 0 Å². The summed E-state index contributed by atoms with van der Waals surface area (Å²) in [5.74, 6) is 1.81. The van der Waals surface area contributed by atoms with Crippen LogP contribution in [-0.2, 0) is 5.41 Å². The highest BCUT2D eigenvalue weighted by Crippen LogP contribution is 2.46. The minimum Gasteiger partial charge on any atom is -0.0622 e. The second-order valence-electron chi connectivity index (χ2n) is 6.90. The smallest absolute Gasteiger partial charge is 0.0221 e. The summed E-state index contributed by atoms with van der Waals surface area (Å²) in [7, 11) is 0. The fourth-order valence-corrected chi connectivity index (χ4v) is 3.69. The van der Waals surface area contributed by atoms with Crippen molar-refractivity contribution in [3.63, 3.8) is 0 Å². The monoisotopic (exact) mass is 313 g/mol. The van der Waals surface area contributed by atoms with Crippen LogP contribution in [0.3, 0.4) is 0 Å². The van der Waals surface area contributed by atoms with E-state index in [1.165, 1.54) is 22.6 Å². The molecule has 0 aliphatic carbocycles. The van der Waals surface area contributed by atoms with Crippen LogP contribution in [0.4, 0.5) is 0 Å². The molecule has 0 nitrogen and oxygen atoms in total. The maximum absolute atomic E-state index is 2.34. The summed E-state index contributed by atoms with van der Waals surface area (Å²) in [6.07, 6.45) is 0. The Morgan fingerprint density at radius 1 is 0.667 bits per heavy atom. The molecule has 3 aromatic carbocycles. The first-order valence-corrected chi connectivity index (χ1v) is 8.64. The summed E-state index contributed by atoms with van der Waals surface area (Å²) >= 11 is 0. The average molecular weight is 313 g/mol. The topological polar surface area (TPSA) is 0 Å². The second kappa shape index (κ2) is 7.05. The fraction of sp³-hybridized carbons (Fsp3) is 0.208. The van der Waals surface area contributed by atoms with Gasteiger partial charge in [0.15, 0.2) is 0 Å². The third-order valence-corrected chi connectivity index (χ3v) is 4.99. The number of hydrogen-bond donors (Lipinski definition) is 0. The predicted octanol–water partition coefficient (Wildman–Crippen LogP) is 6.39. The van der Waals surface area contributed by atoms with Crippen molar-refractivity contribution in [3.8, 4) is 0 Å². The van der Waals surface area contributed by atoms with Gasteiger partial charge < -0.3 is 0 Å². The van der Waals surface area contributed by atoms with Gasteiger partial charge in [-0.05, 0) is 22.6 Å². The summed E-state index contributed by atoms with van der Waals surface area (Å²) in [5.41, 5.74) is 3.99. The van der Waals surface area contributed by atoms with Gasteiger partial charge in [0.25, 0.3) is 0 Å². The Balaban J connectivity index is 2.09. The Kier molecular flexibility index (Phi) is 4.85. The molecule has 0 bridgehead atoms. The van der Waals surface area contributed by atoms with Crippen molar-refractivity contribution in [1.82, 2.24) is 0 Å². The van der Waals surface area contributed by atoms with Crippen LogP contribution in [-0.4, -0.2) is 0 Å². The van der Waals surface area contributed by atoms with E-state index < -0.39 is 0 Å². The summed E-state index contributed by atoms with van der Waals surface area (Å²) in [5, 5.41) is 0. The lowest BCUT2D eigenvalue weighted by Crippen LogP contribution is -2.31. The summed E-state index contributed by atoms with van der Waals surface area (Å²) < 4.78 is 0. The van der Waals surface area contributed by atoms with Gasteiger partial charge in [-0.15, -0.1) is 0 Å². The SMILES string of the molecule is CC([C](c1ccccc1)C(C)(C)c1ccccc1)c1ccccc1. The van der Waals surface area contributed by atoms with Crippen molar-refractivity contribution in [2.45, 2.75) is 32.1 Å². The van der Waals surface area contributed by atoms with E-state index in [9.17, 15) is 0 Å². The fourth-order valence-electron chi connectivity index (χ4n) is 3.69. The van der Waals surface area contributed by atoms with E-state index in [1.54, 1.807) is 0 Å². The maximum atomic E-state index is 2.34. The number of benzene rings is 3. The molecule has 0 aliphatic heterocycles. The highest BCUT2D eigenvalue weighted by molar-refractivity contribution is 5.47. The number of rotatable bonds is 5. The van der Waals surface area contributed by atoms with Crippen LogP contribution in [0.5, 0.6) is 0 Å². The van der Waals surface area contributed by atoms with Crippen LogP contribution in [0, 0.1) is 5.92 Å². The van der Waals surface area contributed by atoms with Crippen LogP contribution in [0.2, 0.25) is 0 Å². The van der Waals surface area contributed by atoms with E-state index in [2.05, 4.69) is 112 Å². The molecule has 24 heavy (non-hydrogen) atoms. The lowest BCUT2D eigenvalue weighted by atomic mass is 9.64. The summed E-state index contributed by atoms with van der Waals surface area (Å²) in [6, 6.07) is 32.5. The molecule has 3 rings (SSSR count). The zero-order valence-electron chi connectivity index (χ0n) is 14.7. The highest BCUT2D eigenvalue weighted by Gasteiger charge is 2.37. The van der Waals surface area contributed by atoms with Crippen molar-refractivity contribution in [3.05, 3.63) is 114 Å². The maximum Gasteiger partial charge on any atom is 0.0221 e. The Morgan fingerprint density at radius 3 is 1.67 bits per heavy atom. The molecule has 0 heteroatoms. The molecule has 1 unspecified atom stereocenters. The van der Waals surface area contributed by atoms with Gasteiger partial charge in [0.2, 0.25) is 0 Å². The van der Waals surface area contributed by atoms with Crippen molar-refractivity contribution in [2.24, 2.45) is 0 Å². The van der Waals surface area contributed by atoms with Gasteiger partial charge in [0.1, 0.15) is 0 Å². The van der Waals surface area contributed by atoms with Gasteiger partial charge in [0, 0.05) is 11.3 Å². The molecule has 0 spiro atoms. The summed E-state index contributed by atoms with van der Waals surface area (Å²) in [6.45, 7) is 7.00. The van der Waals surface area contributed by atoms with Gasteiger partial charge in [-0.3, -0.25) is 0 Å². The van der Waals surface area contributed by atoms with Gasteiger partial charge >= 0.3 is 0 Å². The van der Waals surface area contributed by atoms with E-state index >= 15 is 0 Å². The van der Waals surface area contributed by atoms with E-state index in [0.29, 0.717) is 5.92 Å². The van der Waals surface area contributed by atoms with Crippen LogP contribution in [0.1, 0.15) is 43.4 Å². The van der Waals surface area contributed by atoms with Crippen LogP contribution in [0.15, 0.2) is 91.0 Å². The Morgan fingerprint density at radius 2 is 1.12 bits per heavy atom. The molecule has 0 saturated carbocycles.